The predicted molar refractivity (Wildman–Crippen MR) is 18.3 cm³/mol. The number of hydrogen-bond acceptors (Lipinski definition) is 3. The molecule has 0 aliphatic rings. The number of alkyl halides is 3. The smallest absolute Gasteiger partial charge is 0.276 e. The van der Waals surface area contributed by atoms with Crippen molar-refractivity contribution in [2.24, 2.45) is 0 Å². The van der Waals surface area contributed by atoms with E-state index in [1.54, 1.807) is 0 Å². The van der Waals surface area contributed by atoms with Gasteiger partial charge in [-0.2, -0.15) is 13.2 Å². The molecule has 0 unspecified atom stereocenters. The topological polar surface area (TPSA) is 43.4 Å². The van der Waals surface area contributed by atoms with Gasteiger partial charge in [0.05, 0.1) is 0 Å². The monoisotopic (exact) mass is 160 g/mol. The summed E-state index contributed by atoms with van der Waals surface area (Å²) < 4.78 is 43.8. The van der Waals surface area contributed by atoms with Crippen LogP contribution < -0.4 is 0 Å². The van der Waals surface area contributed by atoms with Gasteiger partial charge in [-0.1, -0.05) is 0 Å². The molecule has 3 nitrogen and oxygen atoms in total. The second-order valence-corrected chi connectivity index (χ2v) is 1.19. The fourth-order valence-corrected chi connectivity index (χ4v) is 0.151. The second kappa shape index (κ2) is 2.63. The van der Waals surface area contributed by atoms with Gasteiger partial charge in [0.1, 0.15) is 0 Å². The normalized spacial score (nSPS) is 10.8. The molecule has 0 aliphatic heterocycles. The number of rotatable bonds is 1. The van der Waals surface area contributed by atoms with Crippen molar-refractivity contribution in [3.63, 3.8) is 0 Å². The van der Waals surface area contributed by atoms with Crippen LogP contribution in [-0.2, 0) is 14.5 Å². The highest BCUT2D eigenvalue weighted by molar-refractivity contribution is 6.35. The van der Waals surface area contributed by atoms with Gasteiger partial charge in [0.2, 0.25) is 0 Å². The summed E-state index contributed by atoms with van der Waals surface area (Å²) >= 11 is 0. The van der Waals surface area contributed by atoms with E-state index in [-0.39, 0.29) is 0 Å². The van der Waals surface area contributed by atoms with Crippen LogP contribution in [0, 0.1) is 0 Å². The molecule has 0 spiro atoms. The first-order valence-corrected chi connectivity index (χ1v) is 1.83. The van der Waals surface area contributed by atoms with E-state index in [2.05, 4.69) is 0 Å². The zero-order valence-electron chi connectivity index (χ0n) is 4.24. The lowest BCUT2D eigenvalue weighted by atomic mass is 10.4. The van der Waals surface area contributed by atoms with Gasteiger partial charge in [0, 0.05) is 4.53 Å². The number of carbonyl (C=O) groups is 2. The first-order valence-electron chi connectivity index (χ1n) is 1.83. The molecular weight excluding hydrogens is 160 g/mol. The van der Waals surface area contributed by atoms with Crippen LogP contribution in [0.15, 0.2) is 0 Å². The highest BCUT2D eigenvalue weighted by Crippen LogP contribution is 2.16. The Morgan fingerprint density at radius 1 is 1.20 bits per heavy atom. The minimum Gasteiger partial charge on any atom is -0.276 e. The number of hydrogen-bond donors (Lipinski definition) is 0. The molecule has 0 saturated heterocycles. The lowest BCUT2D eigenvalue weighted by molar-refractivity contribution is -0.203. The van der Waals surface area contributed by atoms with E-state index in [0.29, 0.717) is 0 Å². The Bertz CT molecular complexity index is 160. The molecule has 0 atom stereocenters. The first kappa shape index (κ1) is 8.86. The predicted octanol–water partition coefficient (Wildman–Crippen LogP) is 0.545. The van der Waals surface area contributed by atoms with Crippen LogP contribution in [0.2, 0.25) is 0 Å². The number of halogens is 4. The third-order valence-corrected chi connectivity index (χ3v) is 0.513. The van der Waals surface area contributed by atoms with Crippen molar-refractivity contribution >= 4 is 11.8 Å². The van der Waals surface area contributed by atoms with Crippen molar-refractivity contribution in [1.82, 2.24) is 0 Å². The molecule has 0 aromatic carbocycles. The standard InChI is InChI=1S/C3F4O3/c4-3(5,6)1(8)2(9)10-7. The van der Waals surface area contributed by atoms with Gasteiger partial charge in [0.25, 0.3) is 0 Å². The summed E-state index contributed by atoms with van der Waals surface area (Å²) in [5.74, 6) is -5.43. The number of Topliss-reactive ketones (excluding diaryl/α,β-unsaturated/α-hetero) is 1. The minimum absolute atomic E-state index is 2.03. The van der Waals surface area contributed by atoms with Crippen molar-refractivity contribution in [2.45, 2.75) is 6.18 Å². The highest BCUT2D eigenvalue weighted by Gasteiger charge is 2.45. The van der Waals surface area contributed by atoms with Gasteiger partial charge in [-0.15, -0.1) is 0 Å². The van der Waals surface area contributed by atoms with Crippen LogP contribution in [0.1, 0.15) is 0 Å². The van der Waals surface area contributed by atoms with Gasteiger partial charge in [0.15, 0.2) is 0 Å². The van der Waals surface area contributed by atoms with Gasteiger partial charge < -0.3 is 0 Å². The van der Waals surface area contributed by atoms with Crippen molar-refractivity contribution in [3.05, 3.63) is 0 Å². The Hall–Kier alpha value is -1.14. The highest BCUT2D eigenvalue weighted by atomic mass is 19.4. The zero-order chi connectivity index (χ0) is 8.36. The molecule has 0 rings (SSSR count). The number of carbonyl (C=O) groups excluding carboxylic acids is 2. The summed E-state index contributed by atoms with van der Waals surface area (Å²) in [5.41, 5.74) is 0. The van der Waals surface area contributed by atoms with E-state index in [9.17, 15) is 27.3 Å². The largest absolute Gasteiger partial charge is 0.462 e. The lowest BCUT2D eigenvalue weighted by Gasteiger charge is -1.98. The van der Waals surface area contributed by atoms with E-state index in [1.807, 2.05) is 4.94 Å². The molecule has 0 aromatic heterocycles. The van der Waals surface area contributed by atoms with E-state index >= 15 is 0 Å². The summed E-state index contributed by atoms with van der Waals surface area (Å²) in [7, 11) is 0. The van der Waals surface area contributed by atoms with Crippen molar-refractivity contribution in [2.75, 3.05) is 0 Å². The number of ketones is 1. The average molecular weight is 160 g/mol. The van der Waals surface area contributed by atoms with Crippen LogP contribution in [-0.4, -0.2) is 17.9 Å². The minimum atomic E-state index is -5.37. The van der Waals surface area contributed by atoms with E-state index in [0.717, 1.165) is 0 Å². The van der Waals surface area contributed by atoms with E-state index < -0.39 is 17.9 Å². The molecule has 0 radical (unpaired) electrons. The third kappa shape index (κ3) is 2.00. The molecule has 0 aromatic rings. The molecule has 0 N–H and O–H groups in total. The van der Waals surface area contributed by atoms with Gasteiger partial charge in [-0.3, -0.25) is 4.79 Å². The average Bonchev–Trinajstić information content (AvgIpc) is 1.83. The SMILES string of the molecule is O=C(OF)C(=O)C(F)(F)F. The van der Waals surface area contributed by atoms with Crippen LogP contribution in [0.25, 0.3) is 0 Å². The van der Waals surface area contributed by atoms with Gasteiger partial charge >= 0.3 is 17.9 Å². The van der Waals surface area contributed by atoms with E-state index in [1.165, 1.54) is 0 Å². The Morgan fingerprint density at radius 2 is 1.60 bits per heavy atom. The Morgan fingerprint density at radius 3 is 1.70 bits per heavy atom. The summed E-state index contributed by atoms with van der Waals surface area (Å²) in [5, 5.41) is 0. The molecule has 0 heterocycles. The Kier molecular flexibility index (Phi) is 2.33. The molecule has 0 aliphatic carbocycles. The molecule has 10 heavy (non-hydrogen) atoms. The van der Waals surface area contributed by atoms with E-state index in [4.69, 9.17) is 0 Å². The molecule has 0 bridgehead atoms. The van der Waals surface area contributed by atoms with Crippen molar-refractivity contribution in [1.29, 1.82) is 0 Å². The maximum absolute atomic E-state index is 11.1. The Labute approximate surface area is 51.5 Å². The zero-order valence-corrected chi connectivity index (χ0v) is 4.24. The Balaban J connectivity index is 4.24. The molecular formula is C3F4O3. The lowest BCUT2D eigenvalue weighted by Crippen LogP contribution is -2.30. The molecule has 7 heteroatoms. The van der Waals surface area contributed by atoms with Crippen LogP contribution in [0.3, 0.4) is 0 Å². The van der Waals surface area contributed by atoms with Crippen molar-refractivity contribution < 1.29 is 32.2 Å². The maximum Gasteiger partial charge on any atom is 0.462 e. The van der Waals surface area contributed by atoms with Gasteiger partial charge in [-0.05, 0) is 0 Å². The van der Waals surface area contributed by atoms with Gasteiger partial charge in [-0.25, -0.2) is 9.74 Å². The molecule has 0 amide bonds. The summed E-state index contributed by atoms with van der Waals surface area (Å²) in [4.78, 5) is 21.1. The van der Waals surface area contributed by atoms with Crippen LogP contribution >= 0.6 is 0 Å². The fourth-order valence-electron chi connectivity index (χ4n) is 0.151. The first-order chi connectivity index (χ1) is 4.39. The molecule has 58 valence electrons. The second-order valence-electron chi connectivity index (χ2n) is 1.19. The molecule has 0 saturated carbocycles. The van der Waals surface area contributed by atoms with Crippen molar-refractivity contribution in [3.8, 4) is 0 Å². The quantitative estimate of drug-likeness (QED) is 0.415. The summed E-state index contributed by atoms with van der Waals surface area (Å²) in [6.07, 6.45) is -5.37. The summed E-state index contributed by atoms with van der Waals surface area (Å²) in [6, 6.07) is 0. The fraction of sp³-hybridized carbons (Fsp3) is 0.333. The van der Waals surface area contributed by atoms with Crippen LogP contribution in [0.5, 0.6) is 0 Å². The molecule has 0 fully saturated rings. The summed E-state index contributed by atoms with van der Waals surface area (Å²) in [6.45, 7) is 0. The maximum atomic E-state index is 11.1. The van der Waals surface area contributed by atoms with Crippen LogP contribution in [0.4, 0.5) is 17.7 Å². The third-order valence-electron chi connectivity index (χ3n) is 0.513.